The molecule has 0 aliphatic carbocycles. The van der Waals surface area contributed by atoms with Crippen molar-refractivity contribution < 1.29 is 4.79 Å². The number of nitrogens with two attached hydrogens (primary N) is 1. The molecule has 1 amide bonds. The Morgan fingerprint density at radius 3 is 2.62 bits per heavy atom. The van der Waals surface area contributed by atoms with Crippen LogP contribution in [0, 0.1) is 0 Å². The number of nitrogens with zero attached hydrogens (tertiary/aromatic N) is 3. The molecule has 1 aromatic heterocycles. The topological polar surface area (TPSA) is 93.8 Å². The number of rotatable bonds is 5. The van der Waals surface area contributed by atoms with Gasteiger partial charge in [0.1, 0.15) is 0 Å². The van der Waals surface area contributed by atoms with E-state index in [0.29, 0.717) is 12.1 Å². The minimum absolute atomic E-state index is 0.229. The van der Waals surface area contributed by atoms with Gasteiger partial charge in [0.2, 0.25) is 5.95 Å². The van der Waals surface area contributed by atoms with Gasteiger partial charge in [-0.3, -0.25) is 10.1 Å². The van der Waals surface area contributed by atoms with E-state index >= 15 is 0 Å². The Hall–Kier alpha value is -2.34. The Morgan fingerprint density at radius 1 is 1.19 bits per heavy atom. The molecule has 0 fully saturated rings. The van der Waals surface area contributed by atoms with E-state index in [1.807, 2.05) is 19.9 Å². The molecule has 0 unspecified atom stereocenters. The van der Waals surface area contributed by atoms with Crippen LogP contribution in [0.15, 0.2) is 24.3 Å². The fourth-order valence-corrected chi connectivity index (χ4v) is 2.00. The highest BCUT2D eigenvalue weighted by molar-refractivity contribution is 6.03. The van der Waals surface area contributed by atoms with Gasteiger partial charge in [0.15, 0.2) is 0 Å². The van der Waals surface area contributed by atoms with Crippen molar-refractivity contribution in [3.63, 3.8) is 0 Å². The Balaban J connectivity index is 2.19. The number of amides is 1. The number of nitrogens with one attached hydrogen (secondary N) is 1. The zero-order valence-corrected chi connectivity index (χ0v) is 12.3. The van der Waals surface area contributed by atoms with Crippen LogP contribution in [0.1, 0.15) is 41.2 Å². The van der Waals surface area contributed by atoms with Crippen molar-refractivity contribution in [2.75, 3.05) is 5.32 Å². The van der Waals surface area contributed by atoms with Gasteiger partial charge in [-0.2, -0.15) is 0 Å². The second kappa shape index (κ2) is 6.90. The molecule has 6 nitrogen and oxygen atoms in total. The van der Waals surface area contributed by atoms with E-state index < -0.39 is 0 Å². The number of aromatic nitrogens is 3. The highest BCUT2D eigenvalue weighted by atomic mass is 16.1. The zero-order valence-electron chi connectivity index (χ0n) is 12.3. The first-order chi connectivity index (χ1) is 10.2. The van der Waals surface area contributed by atoms with E-state index in [1.165, 1.54) is 0 Å². The molecule has 0 spiro atoms. The first kappa shape index (κ1) is 15.1. The predicted octanol–water partition coefficient (Wildman–Crippen LogP) is 1.71. The summed E-state index contributed by atoms with van der Waals surface area (Å²) in [6.45, 7) is 4.39. The van der Waals surface area contributed by atoms with Crippen molar-refractivity contribution in [3.05, 3.63) is 46.8 Å². The van der Waals surface area contributed by atoms with Gasteiger partial charge in [0.25, 0.3) is 5.91 Å². The van der Waals surface area contributed by atoms with Crippen LogP contribution in [-0.2, 0) is 19.4 Å². The molecule has 1 heterocycles. The first-order valence-corrected chi connectivity index (χ1v) is 7.00. The highest BCUT2D eigenvalue weighted by Gasteiger charge is 2.11. The summed E-state index contributed by atoms with van der Waals surface area (Å²) >= 11 is 0. The summed E-state index contributed by atoms with van der Waals surface area (Å²) < 4.78 is 0. The van der Waals surface area contributed by atoms with Crippen LogP contribution in [0.5, 0.6) is 0 Å². The number of benzene rings is 1. The smallest absolute Gasteiger partial charge is 0.258 e. The monoisotopic (exact) mass is 285 g/mol. The fourth-order valence-electron chi connectivity index (χ4n) is 2.00. The molecule has 0 aliphatic rings. The molecule has 0 saturated carbocycles. The lowest BCUT2D eigenvalue weighted by Crippen LogP contribution is -2.16. The van der Waals surface area contributed by atoms with Crippen LogP contribution < -0.4 is 11.1 Å². The van der Waals surface area contributed by atoms with Crippen molar-refractivity contribution >= 4 is 11.9 Å². The summed E-state index contributed by atoms with van der Waals surface area (Å²) in [5, 5.41) is 10.7. The van der Waals surface area contributed by atoms with Crippen molar-refractivity contribution in [1.82, 2.24) is 15.2 Å². The van der Waals surface area contributed by atoms with Crippen molar-refractivity contribution in [1.29, 1.82) is 0 Å². The van der Waals surface area contributed by atoms with Gasteiger partial charge < -0.3 is 5.73 Å². The summed E-state index contributed by atoms with van der Waals surface area (Å²) in [5.41, 5.74) is 8.72. The van der Waals surface area contributed by atoms with Gasteiger partial charge in [-0.15, -0.1) is 10.2 Å². The van der Waals surface area contributed by atoms with Crippen LogP contribution in [0.4, 0.5) is 5.95 Å². The standard InChI is InChI=1S/C15H19N5O/c1-3-12-13(4-2)19-20-15(17-12)18-14(21)11-7-5-6-10(8-11)9-16/h5-8H,3-4,9,16H2,1-2H3,(H,17,18,20,21). The largest absolute Gasteiger partial charge is 0.326 e. The maximum atomic E-state index is 12.2. The van der Waals surface area contributed by atoms with Crippen LogP contribution >= 0.6 is 0 Å². The SMILES string of the molecule is CCc1nnc(NC(=O)c2cccc(CN)c2)nc1CC. The van der Waals surface area contributed by atoms with Crippen molar-refractivity contribution in [2.24, 2.45) is 5.73 Å². The average Bonchev–Trinajstić information content (AvgIpc) is 2.54. The Kier molecular flexibility index (Phi) is 4.94. The number of anilines is 1. The van der Waals surface area contributed by atoms with Gasteiger partial charge in [-0.05, 0) is 30.5 Å². The van der Waals surface area contributed by atoms with E-state index in [2.05, 4.69) is 20.5 Å². The number of carbonyl (C=O) groups excluding carboxylic acids is 1. The van der Waals surface area contributed by atoms with Crippen LogP contribution in [-0.4, -0.2) is 21.1 Å². The minimum atomic E-state index is -0.265. The normalized spacial score (nSPS) is 10.4. The van der Waals surface area contributed by atoms with Crippen molar-refractivity contribution in [3.8, 4) is 0 Å². The third-order valence-electron chi connectivity index (χ3n) is 3.16. The van der Waals surface area contributed by atoms with Gasteiger partial charge in [0.05, 0.1) is 11.4 Å². The van der Waals surface area contributed by atoms with Gasteiger partial charge in [0, 0.05) is 12.1 Å². The maximum absolute atomic E-state index is 12.2. The lowest BCUT2D eigenvalue weighted by atomic mass is 10.1. The highest BCUT2D eigenvalue weighted by Crippen LogP contribution is 2.10. The van der Waals surface area contributed by atoms with Crippen molar-refractivity contribution in [2.45, 2.75) is 33.2 Å². The predicted molar refractivity (Wildman–Crippen MR) is 80.9 cm³/mol. The Morgan fingerprint density at radius 2 is 1.95 bits per heavy atom. The molecule has 0 radical (unpaired) electrons. The Labute approximate surface area is 123 Å². The number of hydrogen-bond donors (Lipinski definition) is 2. The van der Waals surface area contributed by atoms with Gasteiger partial charge in [-0.25, -0.2) is 4.98 Å². The Bertz CT molecular complexity index is 642. The lowest BCUT2D eigenvalue weighted by molar-refractivity contribution is 0.102. The molecule has 110 valence electrons. The molecule has 2 rings (SSSR count). The van der Waals surface area contributed by atoms with E-state index in [0.717, 1.165) is 29.8 Å². The average molecular weight is 285 g/mol. The van der Waals surface area contributed by atoms with E-state index in [4.69, 9.17) is 5.73 Å². The molecule has 21 heavy (non-hydrogen) atoms. The molecule has 2 aromatic rings. The summed E-state index contributed by atoms with van der Waals surface area (Å²) in [6, 6.07) is 7.15. The molecule has 0 aliphatic heterocycles. The second-order valence-electron chi connectivity index (χ2n) is 4.59. The van der Waals surface area contributed by atoms with Crippen LogP contribution in [0.3, 0.4) is 0 Å². The summed E-state index contributed by atoms with van der Waals surface area (Å²) in [5.74, 6) is -0.0365. The third kappa shape index (κ3) is 3.61. The molecule has 0 saturated heterocycles. The molecule has 1 aromatic carbocycles. The first-order valence-electron chi connectivity index (χ1n) is 7.00. The molecular weight excluding hydrogens is 266 g/mol. The van der Waals surface area contributed by atoms with E-state index in [1.54, 1.807) is 18.2 Å². The van der Waals surface area contributed by atoms with E-state index in [9.17, 15) is 4.79 Å². The minimum Gasteiger partial charge on any atom is -0.326 e. The second-order valence-corrected chi connectivity index (χ2v) is 4.59. The van der Waals surface area contributed by atoms with E-state index in [-0.39, 0.29) is 11.9 Å². The van der Waals surface area contributed by atoms with Crippen LogP contribution in [0.25, 0.3) is 0 Å². The van der Waals surface area contributed by atoms with Gasteiger partial charge >= 0.3 is 0 Å². The summed E-state index contributed by atoms with van der Waals surface area (Å²) in [4.78, 5) is 16.5. The quantitative estimate of drug-likeness (QED) is 0.872. The number of hydrogen-bond acceptors (Lipinski definition) is 5. The fraction of sp³-hybridized carbons (Fsp3) is 0.333. The number of carbonyl (C=O) groups is 1. The van der Waals surface area contributed by atoms with Gasteiger partial charge in [-0.1, -0.05) is 26.0 Å². The zero-order chi connectivity index (χ0) is 15.2. The molecule has 3 N–H and O–H groups in total. The van der Waals surface area contributed by atoms with Crippen LogP contribution in [0.2, 0.25) is 0 Å². The summed E-state index contributed by atoms with van der Waals surface area (Å²) in [6.07, 6.45) is 1.53. The summed E-state index contributed by atoms with van der Waals surface area (Å²) in [7, 11) is 0. The lowest BCUT2D eigenvalue weighted by Gasteiger charge is -2.07. The maximum Gasteiger partial charge on any atom is 0.258 e. The molecule has 6 heteroatoms. The molecular formula is C15H19N5O. The third-order valence-corrected chi connectivity index (χ3v) is 3.16. The molecule has 0 atom stereocenters. The number of aryl methyl sites for hydroxylation is 2. The molecule has 0 bridgehead atoms.